The van der Waals surface area contributed by atoms with Crippen LogP contribution in [0.4, 0.5) is 0 Å². The molecule has 1 amide bonds. The summed E-state index contributed by atoms with van der Waals surface area (Å²) in [6.45, 7) is 5.52. The molecule has 0 fully saturated rings. The van der Waals surface area contributed by atoms with Crippen LogP contribution in [-0.2, 0) is 14.9 Å². The van der Waals surface area contributed by atoms with Gasteiger partial charge in [0, 0.05) is 6.04 Å². The van der Waals surface area contributed by atoms with Crippen molar-refractivity contribution in [3.05, 3.63) is 12.7 Å². The van der Waals surface area contributed by atoms with Gasteiger partial charge in [-0.05, 0) is 12.5 Å². The minimum Gasteiger partial charge on any atom is -1.00 e. The second-order valence-electron chi connectivity index (χ2n) is 5.42. The summed E-state index contributed by atoms with van der Waals surface area (Å²) in [6.07, 6.45) is 10.9. The Morgan fingerprint density at radius 3 is 2.04 bits per heavy atom. The molecule has 0 aliphatic rings. The summed E-state index contributed by atoms with van der Waals surface area (Å²) in [5, 5.41) is 2.55. The first-order valence-corrected chi connectivity index (χ1v) is 9.38. The van der Waals surface area contributed by atoms with E-state index in [1.54, 1.807) is 0 Å². The van der Waals surface area contributed by atoms with Gasteiger partial charge >= 0.3 is 59.1 Å². The third-order valence-electron chi connectivity index (χ3n) is 3.35. The van der Waals surface area contributed by atoms with Crippen LogP contribution in [-0.4, -0.2) is 30.7 Å². The third kappa shape index (κ3) is 21.1. The fourth-order valence-electron chi connectivity index (χ4n) is 2.24. The Labute approximate surface area is 188 Å². The minimum atomic E-state index is -4.08. The molecule has 1 atom stereocenters. The van der Waals surface area contributed by atoms with Crippen LogP contribution in [0.25, 0.3) is 0 Å². The average Bonchev–Trinajstić information content (AvgIpc) is 2.39. The van der Waals surface area contributed by atoms with Crippen molar-refractivity contribution in [1.82, 2.24) is 5.32 Å². The van der Waals surface area contributed by atoms with E-state index in [1.165, 1.54) is 32.1 Å². The van der Waals surface area contributed by atoms with Crippen molar-refractivity contribution in [2.75, 3.05) is 5.75 Å². The zero-order chi connectivity index (χ0) is 16.1. The van der Waals surface area contributed by atoms with E-state index in [9.17, 15) is 13.2 Å². The van der Waals surface area contributed by atoms with Crippen LogP contribution in [0.1, 0.15) is 67.6 Å². The smallest absolute Gasteiger partial charge is 1.00 e. The van der Waals surface area contributed by atoms with Gasteiger partial charge < -0.3 is 8.17 Å². The van der Waals surface area contributed by atoms with E-state index in [0.29, 0.717) is 6.42 Å². The number of carbonyl (C=O) groups excluding carboxylic acids is 1. The number of amides is 1. The van der Waals surface area contributed by atoms with Gasteiger partial charge in [-0.15, -0.1) is 0 Å². The predicted molar refractivity (Wildman–Crippen MR) is 88.0 cm³/mol. The van der Waals surface area contributed by atoms with Gasteiger partial charge in [0.1, 0.15) is 0 Å². The Morgan fingerprint density at radius 2 is 1.61 bits per heavy atom. The summed E-state index contributed by atoms with van der Waals surface area (Å²) in [6, 6.07) is -0.550. The van der Waals surface area contributed by atoms with Crippen molar-refractivity contribution in [3.8, 4) is 0 Å². The van der Waals surface area contributed by atoms with Gasteiger partial charge in [-0.3, -0.25) is 9.35 Å². The summed E-state index contributed by atoms with van der Waals surface area (Å²) in [4.78, 5) is 11.2. The van der Waals surface area contributed by atoms with Crippen molar-refractivity contribution < 1.29 is 79.7 Å². The van der Waals surface area contributed by atoms with E-state index in [1.807, 2.05) is 0 Å². The summed E-state index contributed by atoms with van der Waals surface area (Å²) >= 11 is 0. The van der Waals surface area contributed by atoms with Crippen LogP contribution in [0.3, 0.4) is 0 Å². The van der Waals surface area contributed by atoms with Crippen LogP contribution in [0.2, 0.25) is 0 Å². The Balaban J connectivity index is -0.000000333. The summed E-state index contributed by atoms with van der Waals surface area (Å²) < 4.78 is 30.7. The third-order valence-corrected chi connectivity index (χ3v) is 4.17. The largest absolute Gasteiger partial charge is 1.00 e. The minimum absolute atomic E-state index is 0. The first-order chi connectivity index (χ1) is 9.89. The average molecular weight is 367 g/mol. The molecule has 0 heterocycles. The maximum absolute atomic E-state index is 11.2. The van der Waals surface area contributed by atoms with Crippen LogP contribution in [0.15, 0.2) is 12.7 Å². The van der Waals surface area contributed by atoms with Crippen LogP contribution in [0, 0.1) is 0 Å². The Hall–Kier alpha value is 1.12. The molecular weight excluding hydrogens is 336 g/mol. The molecule has 0 saturated carbocycles. The second kappa shape index (κ2) is 17.9. The maximum atomic E-state index is 11.2. The Bertz CT molecular complexity index is 412. The molecule has 0 aliphatic heterocycles. The zero-order valence-electron chi connectivity index (χ0n) is 17.0. The second-order valence-corrected chi connectivity index (χ2v) is 6.92. The molecule has 0 spiro atoms. The van der Waals surface area contributed by atoms with Gasteiger partial charge in [0.25, 0.3) is 10.1 Å². The van der Waals surface area contributed by atoms with Gasteiger partial charge in [0.05, 0.1) is 5.75 Å². The molecule has 1 unspecified atom stereocenters. The normalized spacial score (nSPS) is 11.7. The van der Waals surface area contributed by atoms with Crippen molar-refractivity contribution in [2.24, 2.45) is 0 Å². The Kier molecular flexibility index (Phi) is 22.5. The quantitative estimate of drug-likeness (QED) is 0.161. The maximum Gasteiger partial charge on any atom is 1.00 e. The molecule has 0 radical (unpaired) electrons. The van der Waals surface area contributed by atoms with Crippen molar-refractivity contribution in [3.63, 3.8) is 0 Å². The molecule has 0 rings (SSSR count). The van der Waals surface area contributed by atoms with Crippen LogP contribution >= 0.6 is 0 Å². The molecule has 0 aromatic heterocycles. The number of hydrogen-bond donors (Lipinski definition) is 2. The molecule has 0 aliphatic carbocycles. The first kappa shape index (κ1) is 28.9. The van der Waals surface area contributed by atoms with E-state index in [2.05, 4.69) is 18.8 Å². The topological polar surface area (TPSA) is 83.5 Å². The Morgan fingerprint density at radius 1 is 1.13 bits per heavy atom. The van der Waals surface area contributed by atoms with Gasteiger partial charge in [-0.1, -0.05) is 64.9 Å². The van der Waals surface area contributed by atoms with E-state index in [0.717, 1.165) is 25.3 Å². The molecule has 0 aromatic carbocycles. The van der Waals surface area contributed by atoms with E-state index < -0.39 is 27.8 Å². The standard InChI is InChI=1S/C15H29NO4S.2Na.2H/c1-3-5-6-7-8-9-10-11-12-14(13-21(18,19)20)16-15(17)4-2;;;;/h4,14H,2-3,5-13H2,1H3,(H,16,17)(H,18,19,20);;;;/q;2*+1;2*-1. The summed E-state index contributed by atoms with van der Waals surface area (Å²) in [5.74, 6) is -0.855. The number of unbranched alkanes of at least 4 members (excludes halogenated alkanes) is 7. The monoisotopic (exact) mass is 367 g/mol. The van der Waals surface area contributed by atoms with Gasteiger partial charge in [-0.25, -0.2) is 0 Å². The van der Waals surface area contributed by atoms with Crippen molar-refractivity contribution in [1.29, 1.82) is 0 Å². The van der Waals surface area contributed by atoms with Gasteiger partial charge in [0.15, 0.2) is 0 Å². The molecule has 0 saturated heterocycles. The van der Waals surface area contributed by atoms with Crippen molar-refractivity contribution in [2.45, 2.75) is 70.8 Å². The molecular formula is C15H31NNa2O4S. The fraction of sp³-hybridized carbons (Fsp3) is 0.800. The zero-order valence-corrected chi connectivity index (χ0v) is 19.8. The molecule has 23 heavy (non-hydrogen) atoms. The number of carbonyl (C=O) groups is 1. The van der Waals surface area contributed by atoms with E-state index in [-0.39, 0.29) is 62.0 Å². The molecule has 0 aromatic rings. The summed E-state index contributed by atoms with van der Waals surface area (Å²) in [5.41, 5.74) is 0. The molecule has 128 valence electrons. The fourth-order valence-corrected chi connectivity index (χ4v) is 2.99. The van der Waals surface area contributed by atoms with Gasteiger partial charge in [0.2, 0.25) is 5.91 Å². The number of rotatable bonds is 13. The first-order valence-electron chi connectivity index (χ1n) is 7.77. The predicted octanol–water partition coefficient (Wildman–Crippen LogP) is -2.69. The molecule has 0 bridgehead atoms. The van der Waals surface area contributed by atoms with E-state index in [4.69, 9.17) is 4.55 Å². The number of nitrogens with one attached hydrogen (secondary N) is 1. The molecule has 5 nitrogen and oxygen atoms in total. The van der Waals surface area contributed by atoms with Crippen LogP contribution < -0.4 is 64.4 Å². The molecule has 2 N–H and O–H groups in total. The summed E-state index contributed by atoms with van der Waals surface area (Å²) in [7, 11) is -4.08. The van der Waals surface area contributed by atoms with Crippen LogP contribution in [0.5, 0.6) is 0 Å². The van der Waals surface area contributed by atoms with E-state index >= 15 is 0 Å². The number of hydrogen-bond acceptors (Lipinski definition) is 3. The SMILES string of the molecule is C=CC(=O)NC(CCCCCCCCCC)CS(=O)(=O)O.[H-].[H-].[Na+].[Na+]. The van der Waals surface area contributed by atoms with Crippen molar-refractivity contribution >= 4 is 16.0 Å². The molecule has 8 heteroatoms. The van der Waals surface area contributed by atoms with Gasteiger partial charge in [-0.2, -0.15) is 8.42 Å².